The average Bonchev–Trinajstić information content (AvgIpc) is 2.43. The Hall–Kier alpha value is -1.18. The molecule has 1 aromatic carbocycles. The standard InChI is InChI=1S/C16H26O2/c1-6-12(3)10-13(7-2)14-8-9-15(17-4)16(11-14)18-5/h8-9,11-13H,6-7,10H2,1-5H3. The van der Waals surface area contributed by atoms with Gasteiger partial charge in [-0.15, -0.1) is 0 Å². The van der Waals surface area contributed by atoms with Gasteiger partial charge in [0.2, 0.25) is 0 Å². The molecular formula is C16H26O2. The largest absolute Gasteiger partial charge is 0.493 e. The molecule has 0 spiro atoms. The summed E-state index contributed by atoms with van der Waals surface area (Å²) in [6.45, 7) is 6.83. The van der Waals surface area contributed by atoms with E-state index in [9.17, 15) is 0 Å². The number of hydrogen-bond acceptors (Lipinski definition) is 2. The van der Waals surface area contributed by atoms with E-state index < -0.39 is 0 Å². The van der Waals surface area contributed by atoms with Crippen molar-refractivity contribution in [1.29, 1.82) is 0 Å². The molecule has 1 rings (SSSR count). The zero-order valence-electron chi connectivity index (χ0n) is 12.3. The fourth-order valence-corrected chi connectivity index (χ4v) is 2.30. The lowest BCUT2D eigenvalue weighted by Crippen LogP contribution is -2.04. The lowest BCUT2D eigenvalue weighted by atomic mass is 9.86. The van der Waals surface area contributed by atoms with Crippen LogP contribution in [-0.4, -0.2) is 14.2 Å². The monoisotopic (exact) mass is 250 g/mol. The maximum Gasteiger partial charge on any atom is 0.160 e. The second-order valence-electron chi connectivity index (χ2n) is 4.97. The van der Waals surface area contributed by atoms with Crippen molar-refractivity contribution in [3.05, 3.63) is 23.8 Å². The fourth-order valence-electron chi connectivity index (χ4n) is 2.30. The summed E-state index contributed by atoms with van der Waals surface area (Å²) in [6.07, 6.45) is 3.64. The highest BCUT2D eigenvalue weighted by Crippen LogP contribution is 2.34. The van der Waals surface area contributed by atoms with Crippen LogP contribution in [0.4, 0.5) is 0 Å². The van der Waals surface area contributed by atoms with Crippen molar-refractivity contribution < 1.29 is 9.47 Å². The molecule has 2 atom stereocenters. The summed E-state index contributed by atoms with van der Waals surface area (Å²) in [5.41, 5.74) is 1.36. The van der Waals surface area contributed by atoms with Crippen molar-refractivity contribution in [2.45, 2.75) is 46.0 Å². The molecule has 0 aliphatic heterocycles. The summed E-state index contributed by atoms with van der Waals surface area (Å²) in [4.78, 5) is 0. The zero-order chi connectivity index (χ0) is 13.5. The third-order valence-electron chi connectivity index (χ3n) is 3.76. The van der Waals surface area contributed by atoms with Gasteiger partial charge >= 0.3 is 0 Å². The van der Waals surface area contributed by atoms with Crippen LogP contribution in [0.25, 0.3) is 0 Å². The Morgan fingerprint density at radius 3 is 2.17 bits per heavy atom. The number of rotatable bonds is 7. The molecule has 2 nitrogen and oxygen atoms in total. The SMILES string of the molecule is CCC(C)CC(CC)c1ccc(OC)c(OC)c1. The van der Waals surface area contributed by atoms with E-state index in [0.29, 0.717) is 5.92 Å². The minimum absolute atomic E-state index is 0.611. The molecule has 0 radical (unpaired) electrons. The normalized spacial score (nSPS) is 14.1. The van der Waals surface area contributed by atoms with E-state index in [4.69, 9.17) is 9.47 Å². The van der Waals surface area contributed by atoms with E-state index in [1.807, 2.05) is 6.07 Å². The molecule has 0 N–H and O–H groups in total. The molecule has 102 valence electrons. The van der Waals surface area contributed by atoms with Crippen molar-refractivity contribution in [3.8, 4) is 11.5 Å². The second kappa shape index (κ2) is 7.30. The van der Waals surface area contributed by atoms with E-state index in [0.717, 1.165) is 17.4 Å². The Morgan fingerprint density at radius 2 is 1.67 bits per heavy atom. The molecule has 18 heavy (non-hydrogen) atoms. The van der Waals surface area contributed by atoms with Gasteiger partial charge in [0, 0.05) is 0 Å². The molecular weight excluding hydrogens is 224 g/mol. The summed E-state index contributed by atoms with van der Waals surface area (Å²) < 4.78 is 10.7. The Balaban J connectivity index is 2.92. The molecule has 0 heterocycles. The third kappa shape index (κ3) is 3.66. The van der Waals surface area contributed by atoms with Crippen LogP contribution >= 0.6 is 0 Å². The van der Waals surface area contributed by atoms with E-state index >= 15 is 0 Å². The van der Waals surface area contributed by atoms with Crippen LogP contribution in [-0.2, 0) is 0 Å². The fraction of sp³-hybridized carbons (Fsp3) is 0.625. The number of benzene rings is 1. The van der Waals surface area contributed by atoms with Crippen LogP contribution in [0.3, 0.4) is 0 Å². The van der Waals surface area contributed by atoms with Crippen molar-refractivity contribution in [2.24, 2.45) is 5.92 Å². The van der Waals surface area contributed by atoms with Crippen LogP contribution < -0.4 is 9.47 Å². The third-order valence-corrected chi connectivity index (χ3v) is 3.76. The first kappa shape index (κ1) is 14.9. The van der Waals surface area contributed by atoms with Crippen molar-refractivity contribution in [3.63, 3.8) is 0 Å². The van der Waals surface area contributed by atoms with E-state index in [1.165, 1.54) is 24.8 Å². The quantitative estimate of drug-likeness (QED) is 0.702. The number of hydrogen-bond donors (Lipinski definition) is 0. The summed E-state index contributed by atoms with van der Waals surface area (Å²) >= 11 is 0. The Kier molecular flexibility index (Phi) is 6.03. The van der Waals surface area contributed by atoms with Gasteiger partial charge in [-0.05, 0) is 42.4 Å². The maximum absolute atomic E-state index is 5.38. The molecule has 0 aliphatic carbocycles. The Morgan fingerprint density at radius 1 is 1.00 bits per heavy atom. The lowest BCUT2D eigenvalue weighted by Gasteiger charge is -2.20. The van der Waals surface area contributed by atoms with Gasteiger partial charge in [-0.3, -0.25) is 0 Å². The highest BCUT2D eigenvalue weighted by Gasteiger charge is 2.15. The first-order valence-electron chi connectivity index (χ1n) is 6.88. The van der Waals surface area contributed by atoms with Crippen LogP contribution in [0.2, 0.25) is 0 Å². The smallest absolute Gasteiger partial charge is 0.160 e. The van der Waals surface area contributed by atoms with E-state index in [2.05, 4.69) is 32.9 Å². The Labute approximate surface area is 111 Å². The van der Waals surface area contributed by atoms with Crippen molar-refractivity contribution >= 4 is 0 Å². The first-order valence-corrected chi connectivity index (χ1v) is 6.88. The predicted octanol–water partition coefficient (Wildman–Crippen LogP) is 4.63. The van der Waals surface area contributed by atoms with Crippen LogP contribution in [0, 0.1) is 5.92 Å². The molecule has 0 aromatic heterocycles. The lowest BCUT2D eigenvalue weighted by molar-refractivity contribution is 0.353. The second-order valence-corrected chi connectivity index (χ2v) is 4.97. The van der Waals surface area contributed by atoms with Gasteiger partial charge in [-0.25, -0.2) is 0 Å². The molecule has 2 heteroatoms. The van der Waals surface area contributed by atoms with Crippen molar-refractivity contribution in [2.75, 3.05) is 14.2 Å². The molecule has 0 amide bonds. The molecule has 0 saturated carbocycles. The Bertz CT molecular complexity index is 360. The van der Waals surface area contributed by atoms with E-state index in [1.54, 1.807) is 14.2 Å². The summed E-state index contributed by atoms with van der Waals surface area (Å²) in [7, 11) is 3.37. The predicted molar refractivity (Wildman–Crippen MR) is 76.7 cm³/mol. The molecule has 0 aliphatic rings. The van der Waals surface area contributed by atoms with Gasteiger partial charge in [0.25, 0.3) is 0 Å². The van der Waals surface area contributed by atoms with Crippen LogP contribution in [0.1, 0.15) is 51.5 Å². The van der Waals surface area contributed by atoms with Gasteiger partial charge in [-0.1, -0.05) is 33.3 Å². The van der Waals surface area contributed by atoms with Crippen LogP contribution in [0.15, 0.2) is 18.2 Å². The highest BCUT2D eigenvalue weighted by molar-refractivity contribution is 5.43. The highest BCUT2D eigenvalue weighted by atomic mass is 16.5. The molecule has 0 saturated heterocycles. The van der Waals surface area contributed by atoms with E-state index in [-0.39, 0.29) is 0 Å². The van der Waals surface area contributed by atoms with Gasteiger partial charge < -0.3 is 9.47 Å². The van der Waals surface area contributed by atoms with Gasteiger partial charge in [-0.2, -0.15) is 0 Å². The van der Waals surface area contributed by atoms with Gasteiger partial charge in [0.15, 0.2) is 11.5 Å². The minimum Gasteiger partial charge on any atom is -0.493 e. The number of ether oxygens (including phenoxy) is 2. The molecule has 0 fully saturated rings. The summed E-state index contributed by atoms with van der Waals surface area (Å²) in [5.74, 6) is 3.01. The van der Waals surface area contributed by atoms with Crippen LogP contribution in [0.5, 0.6) is 11.5 Å². The van der Waals surface area contributed by atoms with Gasteiger partial charge in [0.05, 0.1) is 14.2 Å². The average molecular weight is 250 g/mol. The summed E-state index contributed by atoms with van der Waals surface area (Å²) in [5, 5.41) is 0. The topological polar surface area (TPSA) is 18.5 Å². The van der Waals surface area contributed by atoms with Crippen molar-refractivity contribution in [1.82, 2.24) is 0 Å². The molecule has 1 aromatic rings. The zero-order valence-corrected chi connectivity index (χ0v) is 12.3. The maximum atomic E-state index is 5.38. The molecule has 2 unspecified atom stereocenters. The first-order chi connectivity index (χ1) is 8.65. The number of methoxy groups -OCH3 is 2. The minimum atomic E-state index is 0.611. The summed E-state index contributed by atoms with van der Waals surface area (Å²) in [6, 6.07) is 6.29. The molecule has 0 bridgehead atoms. The van der Waals surface area contributed by atoms with Gasteiger partial charge in [0.1, 0.15) is 0 Å².